The molecule has 0 amide bonds. The molecule has 0 radical (unpaired) electrons. The van der Waals surface area contributed by atoms with Crippen molar-refractivity contribution in [3.05, 3.63) is 0 Å². The van der Waals surface area contributed by atoms with Gasteiger partial charge < -0.3 is 10.8 Å². The fourth-order valence-corrected chi connectivity index (χ4v) is 4.03. The molecule has 2 fully saturated rings. The monoisotopic (exact) mass is 282 g/mol. The fraction of sp³-hybridized carbons (Fsp3) is 1.00. The van der Waals surface area contributed by atoms with Gasteiger partial charge >= 0.3 is 0 Å². The summed E-state index contributed by atoms with van der Waals surface area (Å²) in [7, 11) is 0. The zero-order chi connectivity index (χ0) is 14.8. The molecule has 0 aromatic carbocycles. The molecule has 0 spiro atoms. The van der Waals surface area contributed by atoms with E-state index in [1.165, 1.54) is 38.5 Å². The molecule has 3 nitrogen and oxygen atoms in total. The van der Waals surface area contributed by atoms with Crippen molar-refractivity contribution in [1.82, 2.24) is 4.90 Å². The Morgan fingerprint density at radius 1 is 1.20 bits per heavy atom. The molecular formula is C17H34N2O. The Labute approximate surface area is 124 Å². The summed E-state index contributed by atoms with van der Waals surface area (Å²) in [6.45, 7) is 9.09. The van der Waals surface area contributed by atoms with E-state index >= 15 is 0 Å². The molecule has 118 valence electrons. The molecular weight excluding hydrogens is 248 g/mol. The maximum absolute atomic E-state index is 9.40. The van der Waals surface area contributed by atoms with E-state index in [-0.39, 0.29) is 6.61 Å². The lowest BCUT2D eigenvalue weighted by Crippen LogP contribution is -2.50. The summed E-state index contributed by atoms with van der Waals surface area (Å²) >= 11 is 0. The highest BCUT2D eigenvalue weighted by Gasteiger charge is 2.42. The second-order valence-electron chi connectivity index (χ2n) is 7.61. The summed E-state index contributed by atoms with van der Waals surface area (Å²) in [4.78, 5) is 2.59. The predicted octanol–water partition coefficient (Wildman–Crippen LogP) is 2.62. The molecule has 0 aromatic rings. The second-order valence-corrected chi connectivity index (χ2v) is 7.61. The van der Waals surface area contributed by atoms with Gasteiger partial charge in [0.25, 0.3) is 0 Å². The molecule has 2 aliphatic rings. The number of aliphatic hydroxyl groups excluding tert-OH is 1. The predicted molar refractivity (Wildman–Crippen MR) is 84.6 cm³/mol. The summed E-state index contributed by atoms with van der Waals surface area (Å²) in [5.41, 5.74) is 6.48. The van der Waals surface area contributed by atoms with Gasteiger partial charge in [0, 0.05) is 18.6 Å². The SMILES string of the molecule is CCC(C)(C)C1CCC(CN)C(N(CCO)C2CC2)C1. The summed E-state index contributed by atoms with van der Waals surface area (Å²) in [5.74, 6) is 1.44. The van der Waals surface area contributed by atoms with Crippen molar-refractivity contribution in [3.63, 3.8) is 0 Å². The highest BCUT2D eigenvalue weighted by molar-refractivity contribution is 4.96. The zero-order valence-electron chi connectivity index (χ0n) is 13.6. The third kappa shape index (κ3) is 3.55. The van der Waals surface area contributed by atoms with Crippen molar-refractivity contribution in [2.24, 2.45) is 23.0 Å². The van der Waals surface area contributed by atoms with E-state index < -0.39 is 0 Å². The van der Waals surface area contributed by atoms with Crippen molar-refractivity contribution >= 4 is 0 Å². The smallest absolute Gasteiger partial charge is 0.0558 e. The number of nitrogens with zero attached hydrogens (tertiary/aromatic N) is 1. The van der Waals surface area contributed by atoms with Crippen LogP contribution >= 0.6 is 0 Å². The minimum absolute atomic E-state index is 0.284. The Kier molecular flexibility index (Phi) is 5.49. The highest BCUT2D eigenvalue weighted by atomic mass is 16.3. The molecule has 20 heavy (non-hydrogen) atoms. The van der Waals surface area contributed by atoms with Crippen molar-refractivity contribution < 1.29 is 5.11 Å². The Hall–Kier alpha value is -0.120. The lowest BCUT2D eigenvalue weighted by molar-refractivity contribution is 0.0250. The van der Waals surface area contributed by atoms with Gasteiger partial charge in [-0.1, -0.05) is 27.2 Å². The van der Waals surface area contributed by atoms with Crippen LogP contribution in [0.1, 0.15) is 59.3 Å². The number of hydrogen-bond acceptors (Lipinski definition) is 3. The molecule has 0 saturated heterocycles. The molecule has 0 aliphatic heterocycles. The fourth-order valence-electron chi connectivity index (χ4n) is 4.03. The van der Waals surface area contributed by atoms with Crippen LogP contribution in [-0.4, -0.2) is 41.8 Å². The summed E-state index contributed by atoms with van der Waals surface area (Å²) in [6, 6.07) is 1.33. The van der Waals surface area contributed by atoms with E-state index in [9.17, 15) is 5.11 Å². The van der Waals surface area contributed by atoms with Gasteiger partial charge in [-0.2, -0.15) is 0 Å². The molecule has 3 atom stereocenters. The van der Waals surface area contributed by atoms with Gasteiger partial charge in [-0.15, -0.1) is 0 Å². The molecule has 3 unspecified atom stereocenters. The topological polar surface area (TPSA) is 49.5 Å². The molecule has 0 heterocycles. The largest absolute Gasteiger partial charge is 0.395 e. The number of hydrogen-bond donors (Lipinski definition) is 2. The van der Waals surface area contributed by atoms with E-state index in [1.54, 1.807) is 0 Å². The first-order chi connectivity index (χ1) is 9.53. The molecule has 2 saturated carbocycles. The Bertz CT molecular complexity index is 301. The molecule has 3 N–H and O–H groups in total. The maximum atomic E-state index is 9.40. The van der Waals surface area contributed by atoms with Crippen LogP contribution in [0.25, 0.3) is 0 Å². The standard InChI is InChI=1S/C17H34N2O/c1-4-17(2,3)14-6-5-13(12-18)16(11-14)19(9-10-20)15-7-8-15/h13-16,20H,4-12,18H2,1-3H3. The highest BCUT2D eigenvalue weighted by Crippen LogP contribution is 2.45. The molecule has 2 aliphatic carbocycles. The van der Waals surface area contributed by atoms with Crippen LogP contribution in [0.15, 0.2) is 0 Å². The maximum Gasteiger partial charge on any atom is 0.0558 e. The molecule has 0 bridgehead atoms. The quantitative estimate of drug-likeness (QED) is 0.754. The first-order valence-electron chi connectivity index (χ1n) is 8.60. The van der Waals surface area contributed by atoms with Gasteiger partial charge in [-0.25, -0.2) is 0 Å². The van der Waals surface area contributed by atoms with E-state index in [0.29, 0.717) is 17.4 Å². The first-order valence-corrected chi connectivity index (χ1v) is 8.60. The Morgan fingerprint density at radius 2 is 1.90 bits per heavy atom. The van der Waals surface area contributed by atoms with Gasteiger partial charge in [0.05, 0.1) is 6.61 Å². The first kappa shape index (κ1) is 16.3. The minimum atomic E-state index is 0.284. The Balaban J connectivity index is 2.08. The van der Waals surface area contributed by atoms with E-state index in [4.69, 9.17) is 5.73 Å². The van der Waals surface area contributed by atoms with Gasteiger partial charge in [0.2, 0.25) is 0 Å². The lowest BCUT2D eigenvalue weighted by Gasteiger charge is -2.47. The lowest BCUT2D eigenvalue weighted by atomic mass is 9.65. The zero-order valence-corrected chi connectivity index (χ0v) is 13.6. The number of aliphatic hydroxyl groups is 1. The third-order valence-electron chi connectivity index (χ3n) is 6.08. The average molecular weight is 282 g/mol. The van der Waals surface area contributed by atoms with Crippen molar-refractivity contribution in [2.75, 3.05) is 19.7 Å². The van der Waals surface area contributed by atoms with Gasteiger partial charge in [0.15, 0.2) is 0 Å². The molecule has 2 rings (SSSR count). The van der Waals surface area contributed by atoms with Crippen LogP contribution in [0, 0.1) is 17.3 Å². The van der Waals surface area contributed by atoms with Crippen LogP contribution in [0.4, 0.5) is 0 Å². The van der Waals surface area contributed by atoms with Crippen molar-refractivity contribution in [3.8, 4) is 0 Å². The van der Waals surface area contributed by atoms with E-state index in [1.807, 2.05) is 0 Å². The van der Waals surface area contributed by atoms with Crippen LogP contribution < -0.4 is 5.73 Å². The summed E-state index contributed by atoms with van der Waals surface area (Å²) < 4.78 is 0. The summed E-state index contributed by atoms with van der Waals surface area (Å²) in [6.07, 6.45) is 7.76. The normalized spacial score (nSPS) is 31.8. The van der Waals surface area contributed by atoms with Gasteiger partial charge in [-0.05, 0) is 55.9 Å². The van der Waals surface area contributed by atoms with Crippen LogP contribution in [0.3, 0.4) is 0 Å². The minimum Gasteiger partial charge on any atom is -0.395 e. The van der Waals surface area contributed by atoms with Crippen LogP contribution in [0.5, 0.6) is 0 Å². The number of nitrogens with two attached hydrogens (primary N) is 1. The van der Waals surface area contributed by atoms with Crippen LogP contribution in [-0.2, 0) is 0 Å². The second kappa shape index (κ2) is 6.76. The van der Waals surface area contributed by atoms with E-state index in [0.717, 1.165) is 25.0 Å². The van der Waals surface area contributed by atoms with Crippen molar-refractivity contribution in [1.29, 1.82) is 0 Å². The number of rotatable bonds is 7. The van der Waals surface area contributed by atoms with Gasteiger partial charge in [0.1, 0.15) is 0 Å². The third-order valence-corrected chi connectivity index (χ3v) is 6.08. The van der Waals surface area contributed by atoms with Crippen molar-refractivity contribution in [2.45, 2.75) is 71.4 Å². The average Bonchev–Trinajstić information content (AvgIpc) is 3.28. The van der Waals surface area contributed by atoms with E-state index in [2.05, 4.69) is 25.7 Å². The van der Waals surface area contributed by atoms with Crippen LogP contribution in [0.2, 0.25) is 0 Å². The summed E-state index contributed by atoms with van der Waals surface area (Å²) in [5, 5.41) is 9.40. The molecule has 0 aromatic heterocycles. The Morgan fingerprint density at radius 3 is 2.40 bits per heavy atom. The molecule has 3 heteroatoms. The van der Waals surface area contributed by atoms with Gasteiger partial charge in [-0.3, -0.25) is 4.90 Å².